The number of thiocarbonyl (C=S) groups is 1. The van der Waals surface area contributed by atoms with Gasteiger partial charge >= 0.3 is 0 Å². The zero-order valence-electron chi connectivity index (χ0n) is 16.9. The van der Waals surface area contributed by atoms with Crippen LogP contribution in [0.5, 0.6) is 11.5 Å². The number of nitrogens with zero attached hydrogens (tertiary/aromatic N) is 1. The summed E-state index contributed by atoms with van der Waals surface area (Å²) in [6, 6.07) is 10.4. The third-order valence-electron chi connectivity index (χ3n) is 4.23. The molecule has 0 saturated carbocycles. The molecule has 1 aliphatic rings. The Morgan fingerprint density at radius 2 is 2.12 bits per heavy atom. The lowest BCUT2D eigenvalue weighted by molar-refractivity contribution is -0.121. The third kappa shape index (κ3) is 5.72. The molecule has 0 bridgehead atoms. The quantitative estimate of drug-likeness (QED) is 0.264. The van der Waals surface area contributed by atoms with Crippen molar-refractivity contribution in [1.82, 2.24) is 4.90 Å². The highest BCUT2D eigenvalue weighted by atomic mass is 79.9. The Kier molecular flexibility index (Phi) is 8.36. The molecule has 2 aromatic rings. The van der Waals surface area contributed by atoms with Gasteiger partial charge in [0.15, 0.2) is 18.1 Å². The summed E-state index contributed by atoms with van der Waals surface area (Å²) in [7, 11) is 1.49. The van der Waals surface area contributed by atoms with Crippen LogP contribution in [0.25, 0.3) is 6.08 Å². The van der Waals surface area contributed by atoms with Gasteiger partial charge in [0.25, 0.3) is 11.8 Å². The van der Waals surface area contributed by atoms with Crippen LogP contribution in [0.15, 0.2) is 58.4 Å². The van der Waals surface area contributed by atoms with Crippen molar-refractivity contribution in [3.63, 3.8) is 0 Å². The molecule has 0 aliphatic carbocycles. The molecule has 6 nitrogen and oxygen atoms in total. The maximum Gasteiger partial charge on any atom is 0.266 e. The van der Waals surface area contributed by atoms with Crippen LogP contribution < -0.4 is 14.8 Å². The van der Waals surface area contributed by atoms with Crippen LogP contribution >= 0.6 is 51.5 Å². The molecule has 0 spiro atoms. The number of benzene rings is 2. The Labute approximate surface area is 208 Å². The Balaban J connectivity index is 1.75. The van der Waals surface area contributed by atoms with E-state index >= 15 is 0 Å². The van der Waals surface area contributed by atoms with Crippen LogP contribution in [0.1, 0.15) is 5.56 Å². The van der Waals surface area contributed by atoms with Gasteiger partial charge < -0.3 is 14.8 Å². The van der Waals surface area contributed by atoms with Gasteiger partial charge in [0, 0.05) is 6.54 Å². The number of para-hydroxylation sites is 1. The number of carbonyl (C=O) groups is 2. The fourth-order valence-corrected chi connectivity index (χ4v) is 4.82. The van der Waals surface area contributed by atoms with E-state index in [1.54, 1.807) is 48.6 Å². The molecule has 166 valence electrons. The molecule has 3 rings (SSSR count). The largest absolute Gasteiger partial charge is 0.493 e. The monoisotopic (exact) mass is 552 g/mol. The average Bonchev–Trinajstić information content (AvgIpc) is 3.02. The number of carbonyl (C=O) groups excluding carboxylic acids is 2. The van der Waals surface area contributed by atoms with Crippen LogP contribution in [-0.2, 0) is 9.59 Å². The van der Waals surface area contributed by atoms with E-state index in [4.69, 9.17) is 33.3 Å². The van der Waals surface area contributed by atoms with E-state index in [-0.39, 0.29) is 18.4 Å². The number of hydrogen-bond acceptors (Lipinski definition) is 6. The molecule has 0 aromatic heterocycles. The Bertz CT molecular complexity index is 1120. The number of methoxy groups -OCH3 is 1. The molecular weight excluding hydrogens is 536 g/mol. The second kappa shape index (κ2) is 11.0. The molecule has 0 atom stereocenters. The van der Waals surface area contributed by atoms with Gasteiger partial charge in [-0.1, -0.05) is 53.8 Å². The molecule has 2 amide bonds. The average molecular weight is 554 g/mol. The topological polar surface area (TPSA) is 67.9 Å². The number of rotatable bonds is 8. The van der Waals surface area contributed by atoms with Crippen LogP contribution in [0.4, 0.5) is 5.69 Å². The molecule has 0 unspecified atom stereocenters. The van der Waals surface area contributed by atoms with Gasteiger partial charge in [0.05, 0.1) is 27.2 Å². The highest BCUT2D eigenvalue weighted by Crippen LogP contribution is 2.39. The van der Waals surface area contributed by atoms with Crippen molar-refractivity contribution in [3.05, 3.63) is 69.0 Å². The molecule has 0 radical (unpaired) electrons. The minimum atomic E-state index is -0.373. The summed E-state index contributed by atoms with van der Waals surface area (Å²) in [6.07, 6.45) is 3.35. The number of anilines is 1. The Morgan fingerprint density at radius 1 is 1.38 bits per heavy atom. The smallest absolute Gasteiger partial charge is 0.266 e. The van der Waals surface area contributed by atoms with Crippen LogP contribution in [0.3, 0.4) is 0 Å². The number of halogens is 2. The van der Waals surface area contributed by atoms with Gasteiger partial charge in [-0.2, -0.15) is 0 Å². The van der Waals surface area contributed by atoms with Gasteiger partial charge in [-0.3, -0.25) is 14.5 Å². The number of nitrogens with one attached hydrogen (secondary N) is 1. The van der Waals surface area contributed by atoms with Crippen molar-refractivity contribution >= 4 is 79.4 Å². The fraction of sp³-hybridized carbons (Fsp3) is 0.136. The first-order chi connectivity index (χ1) is 15.3. The van der Waals surface area contributed by atoms with Crippen LogP contribution in [0.2, 0.25) is 5.02 Å². The molecule has 1 saturated heterocycles. The highest BCUT2D eigenvalue weighted by Gasteiger charge is 2.31. The molecule has 1 aliphatic heterocycles. The second-order valence-corrected chi connectivity index (χ2v) is 9.37. The highest BCUT2D eigenvalue weighted by molar-refractivity contribution is 9.10. The van der Waals surface area contributed by atoms with E-state index in [0.29, 0.717) is 48.0 Å². The zero-order valence-corrected chi connectivity index (χ0v) is 20.9. The van der Waals surface area contributed by atoms with Gasteiger partial charge in [0.1, 0.15) is 4.32 Å². The van der Waals surface area contributed by atoms with Crippen LogP contribution in [-0.4, -0.2) is 41.3 Å². The van der Waals surface area contributed by atoms with Gasteiger partial charge in [-0.25, -0.2) is 0 Å². The molecule has 1 N–H and O–H groups in total. The van der Waals surface area contributed by atoms with Crippen LogP contribution in [0, 0.1) is 0 Å². The summed E-state index contributed by atoms with van der Waals surface area (Å²) in [5, 5.41) is 3.13. The lowest BCUT2D eigenvalue weighted by Crippen LogP contribution is -2.27. The van der Waals surface area contributed by atoms with E-state index in [9.17, 15) is 9.59 Å². The minimum Gasteiger partial charge on any atom is -0.493 e. The molecule has 10 heteroatoms. The normalized spacial score (nSPS) is 14.6. The van der Waals surface area contributed by atoms with E-state index in [2.05, 4.69) is 27.8 Å². The first-order valence-corrected chi connectivity index (χ1v) is 11.6. The van der Waals surface area contributed by atoms with Crippen molar-refractivity contribution in [2.24, 2.45) is 0 Å². The molecule has 32 heavy (non-hydrogen) atoms. The molecule has 2 aromatic carbocycles. The number of hydrogen-bond donors (Lipinski definition) is 1. The predicted octanol–water partition coefficient (Wildman–Crippen LogP) is 5.52. The number of thioether (sulfide) groups is 1. The van der Waals surface area contributed by atoms with Crippen molar-refractivity contribution in [2.75, 3.05) is 25.6 Å². The lowest BCUT2D eigenvalue weighted by atomic mass is 10.2. The standard InChI is InChI=1S/C22H18BrClN2O4S2/c1-3-8-26-21(28)18(32-22(26)31)11-13-9-14(23)20(17(10-13)29-2)30-12-19(27)25-16-7-5-4-6-15(16)24/h3-7,9-11H,1,8,12H2,2H3,(H,25,27)/b18-11-. The van der Waals surface area contributed by atoms with Gasteiger partial charge in [-0.15, -0.1) is 6.58 Å². The lowest BCUT2D eigenvalue weighted by Gasteiger charge is -2.14. The van der Waals surface area contributed by atoms with Gasteiger partial charge in [0.2, 0.25) is 0 Å². The number of ether oxygens (including phenoxy) is 2. The summed E-state index contributed by atoms with van der Waals surface area (Å²) < 4.78 is 12.2. The van der Waals surface area contributed by atoms with Crippen molar-refractivity contribution in [2.45, 2.75) is 0 Å². The number of amides is 2. The van der Waals surface area contributed by atoms with Crippen molar-refractivity contribution < 1.29 is 19.1 Å². The maximum absolute atomic E-state index is 12.5. The summed E-state index contributed by atoms with van der Waals surface area (Å²) >= 11 is 16.0. The minimum absolute atomic E-state index is 0.174. The summed E-state index contributed by atoms with van der Waals surface area (Å²) in [4.78, 5) is 26.8. The molecule has 1 fully saturated rings. The first kappa shape index (κ1) is 24.3. The predicted molar refractivity (Wildman–Crippen MR) is 136 cm³/mol. The Hall–Kier alpha value is -2.33. The van der Waals surface area contributed by atoms with Crippen molar-refractivity contribution in [1.29, 1.82) is 0 Å². The van der Waals surface area contributed by atoms with E-state index in [1.165, 1.54) is 23.8 Å². The van der Waals surface area contributed by atoms with Crippen molar-refractivity contribution in [3.8, 4) is 11.5 Å². The van der Waals surface area contributed by atoms with Gasteiger partial charge in [-0.05, 0) is 51.8 Å². The molecule has 1 heterocycles. The SMILES string of the molecule is C=CCN1C(=O)/C(=C/c2cc(Br)c(OCC(=O)Nc3ccccc3Cl)c(OC)c2)SC1=S. The summed E-state index contributed by atoms with van der Waals surface area (Å²) in [5.74, 6) is 0.212. The summed E-state index contributed by atoms with van der Waals surface area (Å²) in [5.41, 5.74) is 1.21. The second-order valence-electron chi connectivity index (χ2n) is 6.43. The zero-order chi connectivity index (χ0) is 23.3. The molecular formula is C22H18BrClN2O4S2. The van der Waals surface area contributed by atoms with E-state index in [0.717, 1.165) is 0 Å². The first-order valence-electron chi connectivity index (χ1n) is 9.25. The fourth-order valence-electron chi connectivity index (χ4n) is 2.79. The van der Waals surface area contributed by atoms with E-state index in [1.807, 2.05) is 0 Å². The third-order valence-corrected chi connectivity index (χ3v) is 6.53. The van der Waals surface area contributed by atoms with E-state index < -0.39 is 0 Å². The Morgan fingerprint density at radius 3 is 2.81 bits per heavy atom. The maximum atomic E-state index is 12.5. The summed E-state index contributed by atoms with van der Waals surface area (Å²) in [6.45, 7) is 3.76.